The van der Waals surface area contributed by atoms with Gasteiger partial charge in [0.15, 0.2) is 6.61 Å². The van der Waals surface area contributed by atoms with Crippen LogP contribution in [0.25, 0.3) is 0 Å². The van der Waals surface area contributed by atoms with E-state index in [1.165, 1.54) is 18.2 Å². The summed E-state index contributed by atoms with van der Waals surface area (Å²) in [6.45, 7) is -0.489. The lowest BCUT2D eigenvalue weighted by atomic mass is 10.1. The summed E-state index contributed by atoms with van der Waals surface area (Å²) in [4.78, 5) is 23.4. The molecule has 0 aromatic heterocycles. The van der Waals surface area contributed by atoms with E-state index < -0.39 is 24.3 Å². The lowest BCUT2D eigenvalue weighted by molar-refractivity contribution is -0.146. The second kappa shape index (κ2) is 7.94. The molecule has 0 saturated carbocycles. The number of carbonyl (C=O) groups excluding carboxylic acids is 2. The quantitative estimate of drug-likeness (QED) is 0.828. The Balaban J connectivity index is 1.85. The summed E-state index contributed by atoms with van der Waals surface area (Å²) in [7, 11) is 0. The summed E-state index contributed by atoms with van der Waals surface area (Å²) in [6, 6.07) is 10.6. The Labute approximate surface area is 142 Å². The Kier molecular flexibility index (Phi) is 5.96. The van der Waals surface area contributed by atoms with Crippen LogP contribution in [0.4, 0.5) is 10.1 Å². The van der Waals surface area contributed by atoms with Gasteiger partial charge in [0.25, 0.3) is 5.91 Å². The second-order valence-corrected chi connectivity index (χ2v) is 5.44. The van der Waals surface area contributed by atoms with Crippen LogP contribution in [-0.2, 0) is 20.7 Å². The van der Waals surface area contributed by atoms with Crippen LogP contribution in [0, 0.1) is 5.82 Å². The molecule has 0 fully saturated rings. The lowest BCUT2D eigenvalue weighted by Gasteiger charge is -2.08. The van der Waals surface area contributed by atoms with Crippen LogP contribution in [0.2, 0.25) is 10.0 Å². The predicted octanol–water partition coefficient (Wildman–Crippen LogP) is 3.86. The first-order valence-corrected chi connectivity index (χ1v) is 7.35. The van der Waals surface area contributed by atoms with Crippen LogP contribution >= 0.6 is 23.2 Å². The highest BCUT2D eigenvalue weighted by Crippen LogP contribution is 2.19. The van der Waals surface area contributed by atoms with Gasteiger partial charge in [-0.3, -0.25) is 9.59 Å². The molecular formula is C16H12Cl2FNO3. The molecule has 0 spiro atoms. The average molecular weight is 356 g/mol. The molecule has 0 aliphatic rings. The van der Waals surface area contributed by atoms with Crippen LogP contribution in [0.15, 0.2) is 42.5 Å². The first-order valence-electron chi connectivity index (χ1n) is 6.59. The standard InChI is InChI=1S/C16H12Cl2FNO3/c17-10-3-1-4-11(7-10)20-15(21)9-23-16(22)8-12-13(18)5-2-6-14(12)19/h1-7H,8-9H2,(H,20,21). The van der Waals surface area contributed by atoms with Crippen molar-refractivity contribution in [3.8, 4) is 0 Å². The third-order valence-corrected chi connectivity index (χ3v) is 3.44. The largest absolute Gasteiger partial charge is 0.455 e. The highest BCUT2D eigenvalue weighted by atomic mass is 35.5. The van der Waals surface area contributed by atoms with Crippen molar-refractivity contribution in [3.05, 3.63) is 63.9 Å². The minimum absolute atomic E-state index is 0.0365. The molecule has 120 valence electrons. The first kappa shape index (κ1) is 17.2. The number of amides is 1. The fourth-order valence-corrected chi connectivity index (χ4v) is 2.23. The van der Waals surface area contributed by atoms with Crippen molar-refractivity contribution in [1.82, 2.24) is 0 Å². The molecule has 1 N–H and O–H groups in total. The Hall–Kier alpha value is -2.11. The van der Waals surface area contributed by atoms with Crippen LogP contribution in [-0.4, -0.2) is 18.5 Å². The molecule has 0 saturated heterocycles. The van der Waals surface area contributed by atoms with Crippen LogP contribution in [0.1, 0.15) is 5.56 Å². The normalized spacial score (nSPS) is 10.2. The molecule has 0 aliphatic heterocycles. The molecule has 0 unspecified atom stereocenters. The minimum Gasteiger partial charge on any atom is -0.455 e. The number of esters is 1. The molecule has 1 amide bonds. The Bertz CT molecular complexity index is 717. The van der Waals surface area contributed by atoms with E-state index in [9.17, 15) is 14.0 Å². The summed E-state index contributed by atoms with van der Waals surface area (Å²) < 4.78 is 18.4. The predicted molar refractivity (Wildman–Crippen MR) is 86.2 cm³/mol. The summed E-state index contributed by atoms with van der Waals surface area (Å²) >= 11 is 11.6. The Morgan fingerprint density at radius 1 is 1.13 bits per heavy atom. The third-order valence-electron chi connectivity index (χ3n) is 2.86. The number of carbonyl (C=O) groups is 2. The van der Waals surface area contributed by atoms with Gasteiger partial charge in [-0.05, 0) is 30.3 Å². The fourth-order valence-electron chi connectivity index (χ4n) is 1.81. The van der Waals surface area contributed by atoms with Crippen LogP contribution in [0.5, 0.6) is 0 Å². The number of anilines is 1. The number of benzene rings is 2. The zero-order chi connectivity index (χ0) is 16.8. The van der Waals surface area contributed by atoms with Gasteiger partial charge in [0, 0.05) is 21.3 Å². The van der Waals surface area contributed by atoms with Gasteiger partial charge < -0.3 is 10.1 Å². The minimum atomic E-state index is -0.752. The van der Waals surface area contributed by atoms with Crippen molar-refractivity contribution < 1.29 is 18.7 Å². The van der Waals surface area contributed by atoms with Gasteiger partial charge in [0.2, 0.25) is 0 Å². The van der Waals surface area contributed by atoms with E-state index in [4.69, 9.17) is 27.9 Å². The van der Waals surface area contributed by atoms with Crippen LogP contribution < -0.4 is 5.32 Å². The van der Waals surface area contributed by atoms with Crippen LogP contribution in [0.3, 0.4) is 0 Å². The van der Waals surface area contributed by atoms with Crippen molar-refractivity contribution in [1.29, 1.82) is 0 Å². The zero-order valence-electron chi connectivity index (χ0n) is 11.8. The van der Waals surface area contributed by atoms with Gasteiger partial charge in [-0.2, -0.15) is 0 Å². The van der Waals surface area contributed by atoms with Gasteiger partial charge >= 0.3 is 5.97 Å². The average Bonchev–Trinajstić information content (AvgIpc) is 2.49. The fraction of sp³-hybridized carbons (Fsp3) is 0.125. The number of ether oxygens (including phenoxy) is 1. The highest BCUT2D eigenvalue weighted by molar-refractivity contribution is 6.31. The van der Waals surface area contributed by atoms with E-state index in [0.717, 1.165) is 0 Å². The summed E-state index contributed by atoms with van der Waals surface area (Å²) in [5, 5.41) is 3.12. The molecule has 2 aromatic rings. The topological polar surface area (TPSA) is 55.4 Å². The Morgan fingerprint density at radius 2 is 1.87 bits per heavy atom. The number of hydrogen-bond acceptors (Lipinski definition) is 3. The van der Waals surface area contributed by atoms with Crippen molar-refractivity contribution in [2.75, 3.05) is 11.9 Å². The molecule has 0 radical (unpaired) electrons. The summed E-state index contributed by atoms with van der Waals surface area (Å²) in [5.41, 5.74) is 0.519. The molecule has 2 rings (SSSR count). The molecule has 2 aromatic carbocycles. The monoisotopic (exact) mass is 355 g/mol. The van der Waals surface area contributed by atoms with Gasteiger partial charge in [0.1, 0.15) is 5.82 Å². The van der Waals surface area contributed by atoms with Gasteiger partial charge in [0.05, 0.1) is 6.42 Å². The maximum atomic E-state index is 13.6. The molecular weight excluding hydrogens is 344 g/mol. The van der Waals surface area contributed by atoms with Gasteiger partial charge in [-0.1, -0.05) is 35.3 Å². The molecule has 0 bridgehead atoms. The SMILES string of the molecule is O=C(COC(=O)Cc1c(F)cccc1Cl)Nc1cccc(Cl)c1. The van der Waals surface area contributed by atoms with E-state index in [1.807, 2.05) is 0 Å². The molecule has 0 atom stereocenters. The first-order chi connectivity index (χ1) is 11.0. The smallest absolute Gasteiger partial charge is 0.310 e. The molecule has 0 aliphatic carbocycles. The van der Waals surface area contributed by atoms with Gasteiger partial charge in [-0.15, -0.1) is 0 Å². The van der Waals surface area contributed by atoms with E-state index in [1.54, 1.807) is 24.3 Å². The molecule has 7 heteroatoms. The maximum Gasteiger partial charge on any atom is 0.310 e. The number of rotatable bonds is 5. The van der Waals surface area contributed by atoms with Crippen molar-refractivity contribution >= 4 is 40.8 Å². The maximum absolute atomic E-state index is 13.6. The van der Waals surface area contributed by atoms with E-state index in [0.29, 0.717) is 10.7 Å². The number of halogens is 3. The Morgan fingerprint density at radius 3 is 2.57 bits per heavy atom. The van der Waals surface area contributed by atoms with Crippen molar-refractivity contribution in [2.45, 2.75) is 6.42 Å². The van der Waals surface area contributed by atoms with E-state index in [2.05, 4.69) is 5.32 Å². The lowest BCUT2D eigenvalue weighted by Crippen LogP contribution is -2.21. The summed E-state index contributed by atoms with van der Waals surface area (Å²) in [5.74, 6) is -1.88. The van der Waals surface area contributed by atoms with Crippen molar-refractivity contribution in [3.63, 3.8) is 0 Å². The molecule has 4 nitrogen and oxygen atoms in total. The molecule has 23 heavy (non-hydrogen) atoms. The second-order valence-electron chi connectivity index (χ2n) is 4.60. The molecule has 0 heterocycles. The third kappa shape index (κ3) is 5.23. The van der Waals surface area contributed by atoms with Crippen molar-refractivity contribution in [2.24, 2.45) is 0 Å². The number of hydrogen-bond donors (Lipinski definition) is 1. The van der Waals surface area contributed by atoms with E-state index >= 15 is 0 Å². The zero-order valence-corrected chi connectivity index (χ0v) is 13.3. The van der Waals surface area contributed by atoms with E-state index in [-0.39, 0.29) is 17.0 Å². The summed E-state index contributed by atoms with van der Waals surface area (Å²) in [6.07, 6.45) is -0.351. The highest BCUT2D eigenvalue weighted by Gasteiger charge is 2.14. The number of nitrogens with one attached hydrogen (secondary N) is 1. The van der Waals surface area contributed by atoms with Gasteiger partial charge in [-0.25, -0.2) is 4.39 Å².